The first-order chi connectivity index (χ1) is 17.4. The molecule has 3 aromatic carbocycles. The van der Waals surface area contributed by atoms with E-state index in [1.54, 1.807) is 17.0 Å². The van der Waals surface area contributed by atoms with Gasteiger partial charge in [-0.25, -0.2) is 8.42 Å². The Kier molecular flexibility index (Phi) is 7.09. The van der Waals surface area contributed by atoms with Crippen LogP contribution in [0.2, 0.25) is 0 Å². The molecule has 1 amide bonds. The van der Waals surface area contributed by atoms with Gasteiger partial charge in [-0.15, -0.1) is 0 Å². The molecule has 36 heavy (non-hydrogen) atoms. The van der Waals surface area contributed by atoms with Gasteiger partial charge in [-0.05, 0) is 47.5 Å². The fraction of sp³-hybridized carbons (Fsp3) is 0.179. The van der Waals surface area contributed by atoms with E-state index >= 15 is 0 Å². The average Bonchev–Trinajstić information content (AvgIpc) is 3.42. The van der Waals surface area contributed by atoms with Gasteiger partial charge in [0.15, 0.2) is 5.76 Å². The van der Waals surface area contributed by atoms with Gasteiger partial charge in [0.05, 0.1) is 10.9 Å². The molecule has 5 rings (SSSR count). The van der Waals surface area contributed by atoms with E-state index in [4.69, 9.17) is 4.42 Å². The zero-order chi connectivity index (χ0) is 25.1. The Bertz CT molecular complexity index is 1390. The molecule has 1 aromatic heterocycles. The summed E-state index contributed by atoms with van der Waals surface area (Å²) < 4.78 is 32.1. The molecule has 0 N–H and O–H groups in total. The van der Waals surface area contributed by atoms with Crippen molar-refractivity contribution in [3.63, 3.8) is 0 Å². The smallest absolute Gasteiger partial charge is 0.289 e. The Morgan fingerprint density at radius 2 is 1.31 bits per heavy atom. The minimum atomic E-state index is -3.85. The molecule has 0 spiro atoms. The van der Waals surface area contributed by atoms with Crippen LogP contribution in [0.1, 0.15) is 27.7 Å². The number of carbonyl (C=O) groups is 1. The zero-order valence-corrected chi connectivity index (χ0v) is 21.9. The molecule has 0 saturated carbocycles. The molecule has 0 atom stereocenters. The highest BCUT2D eigenvalue weighted by atomic mass is 79.9. The van der Waals surface area contributed by atoms with Gasteiger partial charge in [-0.1, -0.05) is 76.6 Å². The maximum atomic E-state index is 13.2. The third-order valence-electron chi connectivity index (χ3n) is 6.38. The van der Waals surface area contributed by atoms with Crippen LogP contribution in [0.25, 0.3) is 0 Å². The predicted molar refractivity (Wildman–Crippen MR) is 141 cm³/mol. The summed E-state index contributed by atoms with van der Waals surface area (Å²) in [6.45, 7) is 2.41. The Balaban J connectivity index is 1.30. The minimum absolute atomic E-state index is 0.0294. The first-order valence-corrected chi connectivity index (χ1v) is 13.9. The number of carbonyl (C=O) groups excluding carboxylic acids is 1. The highest BCUT2D eigenvalue weighted by Crippen LogP contribution is 2.30. The molecule has 0 unspecified atom stereocenters. The normalized spacial score (nSPS) is 14.8. The quantitative estimate of drug-likeness (QED) is 0.312. The van der Waals surface area contributed by atoms with Crippen molar-refractivity contribution in [3.8, 4) is 0 Å². The summed E-state index contributed by atoms with van der Waals surface area (Å²) in [6.07, 6.45) is 0. The van der Waals surface area contributed by atoms with Gasteiger partial charge in [0, 0.05) is 30.7 Å². The lowest BCUT2D eigenvalue weighted by atomic mass is 9.96. The monoisotopic (exact) mass is 564 g/mol. The average molecular weight is 565 g/mol. The Morgan fingerprint density at radius 3 is 1.86 bits per heavy atom. The molecule has 6 nitrogen and oxygen atoms in total. The van der Waals surface area contributed by atoms with Gasteiger partial charge in [-0.3, -0.25) is 9.69 Å². The van der Waals surface area contributed by atoms with Gasteiger partial charge in [0.2, 0.25) is 14.9 Å². The van der Waals surface area contributed by atoms with Crippen LogP contribution in [0.4, 0.5) is 0 Å². The van der Waals surface area contributed by atoms with E-state index < -0.39 is 9.84 Å². The van der Waals surface area contributed by atoms with E-state index in [9.17, 15) is 13.2 Å². The van der Waals surface area contributed by atoms with E-state index in [2.05, 4.69) is 45.1 Å². The number of rotatable bonds is 6. The summed E-state index contributed by atoms with van der Waals surface area (Å²) in [5, 5.41) is -0.236. The maximum Gasteiger partial charge on any atom is 0.289 e. The molecular formula is C28H25BrN2O4S. The first kappa shape index (κ1) is 24.5. The Labute approximate surface area is 219 Å². The van der Waals surface area contributed by atoms with E-state index in [1.165, 1.54) is 35.4 Å². The van der Waals surface area contributed by atoms with Crippen LogP contribution in [0.15, 0.2) is 116 Å². The molecule has 8 heteroatoms. The second kappa shape index (κ2) is 10.4. The van der Waals surface area contributed by atoms with Crippen molar-refractivity contribution < 1.29 is 17.6 Å². The van der Waals surface area contributed by atoms with Crippen LogP contribution in [-0.4, -0.2) is 50.3 Å². The van der Waals surface area contributed by atoms with Crippen molar-refractivity contribution in [1.82, 2.24) is 9.80 Å². The van der Waals surface area contributed by atoms with E-state index in [0.29, 0.717) is 26.2 Å². The number of benzene rings is 3. The largest absolute Gasteiger partial charge is 0.439 e. The molecule has 0 aliphatic carbocycles. The van der Waals surface area contributed by atoms with Crippen LogP contribution in [0.5, 0.6) is 0 Å². The number of amides is 1. The molecule has 1 aliphatic rings. The van der Waals surface area contributed by atoms with Gasteiger partial charge in [0.1, 0.15) is 0 Å². The summed E-state index contributed by atoms with van der Waals surface area (Å²) in [5.41, 5.74) is 2.41. The van der Waals surface area contributed by atoms with Crippen LogP contribution >= 0.6 is 15.9 Å². The molecule has 1 aliphatic heterocycles. The standard InChI is InChI=1S/C28H25BrN2O4S/c29-23-11-13-24(14-12-23)36(33,34)26-16-15-25(35-26)28(32)31-19-17-30(18-20-31)27(21-7-3-1-4-8-21)22-9-5-2-6-10-22/h1-16,27H,17-20H2. The third kappa shape index (κ3) is 5.02. The van der Waals surface area contributed by atoms with Crippen molar-refractivity contribution >= 4 is 31.7 Å². The van der Waals surface area contributed by atoms with E-state index in [-0.39, 0.29) is 27.7 Å². The Morgan fingerprint density at radius 1 is 0.750 bits per heavy atom. The van der Waals surface area contributed by atoms with Crippen molar-refractivity contribution in [2.45, 2.75) is 16.0 Å². The number of hydrogen-bond donors (Lipinski definition) is 0. The van der Waals surface area contributed by atoms with Crippen LogP contribution in [0.3, 0.4) is 0 Å². The first-order valence-electron chi connectivity index (χ1n) is 11.7. The molecule has 1 fully saturated rings. The fourth-order valence-corrected chi connectivity index (χ4v) is 5.97. The SMILES string of the molecule is O=C(c1ccc(S(=O)(=O)c2ccc(Br)cc2)o1)N1CCN(C(c2ccccc2)c2ccccc2)CC1. The second-order valence-electron chi connectivity index (χ2n) is 8.63. The van der Waals surface area contributed by atoms with Gasteiger partial charge < -0.3 is 9.32 Å². The molecule has 1 saturated heterocycles. The number of furan rings is 1. The van der Waals surface area contributed by atoms with Crippen molar-refractivity contribution in [2.24, 2.45) is 0 Å². The van der Waals surface area contributed by atoms with Crippen molar-refractivity contribution in [3.05, 3.63) is 118 Å². The number of sulfone groups is 1. The summed E-state index contributed by atoms with van der Waals surface area (Å²) in [7, 11) is -3.85. The Hall–Kier alpha value is -3.20. The predicted octanol–water partition coefficient (Wildman–Crippen LogP) is 5.42. The zero-order valence-electron chi connectivity index (χ0n) is 19.5. The maximum absolute atomic E-state index is 13.2. The van der Waals surface area contributed by atoms with Crippen molar-refractivity contribution in [1.29, 1.82) is 0 Å². The third-order valence-corrected chi connectivity index (χ3v) is 8.55. The highest BCUT2D eigenvalue weighted by molar-refractivity contribution is 9.10. The van der Waals surface area contributed by atoms with Crippen LogP contribution in [0, 0.1) is 0 Å². The summed E-state index contributed by atoms with van der Waals surface area (Å²) in [6, 6.07) is 29.9. The van der Waals surface area contributed by atoms with Crippen LogP contribution in [-0.2, 0) is 9.84 Å². The molecule has 2 heterocycles. The lowest BCUT2D eigenvalue weighted by Crippen LogP contribution is -2.49. The minimum Gasteiger partial charge on any atom is -0.439 e. The van der Waals surface area contributed by atoms with E-state index in [1.807, 2.05) is 36.4 Å². The molecule has 0 radical (unpaired) electrons. The second-order valence-corrected chi connectivity index (χ2v) is 11.4. The highest BCUT2D eigenvalue weighted by Gasteiger charge is 2.30. The van der Waals surface area contributed by atoms with Gasteiger partial charge >= 0.3 is 0 Å². The number of hydrogen-bond acceptors (Lipinski definition) is 5. The fourth-order valence-electron chi connectivity index (χ4n) is 4.53. The lowest BCUT2D eigenvalue weighted by Gasteiger charge is -2.39. The number of halogens is 1. The van der Waals surface area contributed by atoms with Crippen molar-refractivity contribution in [2.75, 3.05) is 26.2 Å². The van der Waals surface area contributed by atoms with Gasteiger partial charge in [0.25, 0.3) is 5.91 Å². The molecule has 4 aromatic rings. The number of nitrogens with zero attached hydrogens (tertiary/aromatic N) is 2. The summed E-state index contributed by atoms with van der Waals surface area (Å²) >= 11 is 3.30. The lowest BCUT2D eigenvalue weighted by molar-refractivity contribution is 0.0562. The van der Waals surface area contributed by atoms with E-state index in [0.717, 1.165) is 4.47 Å². The molecular weight excluding hydrogens is 540 g/mol. The number of piperazine rings is 1. The van der Waals surface area contributed by atoms with Gasteiger partial charge in [-0.2, -0.15) is 0 Å². The summed E-state index contributed by atoms with van der Waals surface area (Å²) in [4.78, 5) is 17.4. The van der Waals surface area contributed by atoms with Crippen LogP contribution < -0.4 is 0 Å². The molecule has 0 bridgehead atoms. The topological polar surface area (TPSA) is 70.8 Å². The molecule has 184 valence electrons. The summed E-state index contributed by atoms with van der Waals surface area (Å²) in [5.74, 6) is -0.273.